The summed E-state index contributed by atoms with van der Waals surface area (Å²) in [5.41, 5.74) is 4.98. The van der Waals surface area contributed by atoms with E-state index in [1.165, 1.54) is 0 Å². The quantitative estimate of drug-likeness (QED) is 0.610. The van der Waals surface area contributed by atoms with E-state index in [0.29, 0.717) is 5.02 Å². The molecule has 112 valence electrons. The average Bonchev–Trinajstić information content (AvgIpc) is 2.52. The fourth-order valence-corrected chi connectivity index (χ4v) is 2.48. The standard InChI is InChI=1S/C16H20ClN3O/c1-21-16-8-5-13(17)10-12(16)11-15(20-18)7-6-14-4-2-3-9-19-14/h2-5,8-10,15,20H,6-7,11,18H2,1H3. The number of hydrazine groups is 1. The van der Waals surface area contributed by atoms with E-state index in [1.807, 2.05) is 36.4 Å². The molecule has 1 aromatic heterocycles. The summed E-state index contributed by atoms with van der Waals surface area (Å²) < 4.78 is 5.37. The highest BCUT2D eigenvalue weighted by Gasteiger charge is 2.12. The van der Waals surface area contributed by atoms with Crippen LogP contribution in [0, 0.1) is 0 Å². The number of aromatic nitrogens is 1. The van der Waals surface area contributed by atoms with Crippen LogP contribution in [0.25, 0.3) is 0 Å². The van der Waals surface area contributed by atoms with E-state index in [2.05, 4.69) is 10.4 Å². The largest absolute Gasteiger partial charge is 0.496 e. The van der Waals surface area contributed by atoms with Gasteiger partial charge >= 0.3 is 0 Å². The molecule has 1 atom stereocenters. The summed E-state index contributed by atoms with van der Waals surface area (Å²) in [6.07, 6.45) is 4.33. The average molecular weight is 306 g/mol. The summed E-state index contributed by atoms with van der Waals surface area (Å²) in [6.45, 7) is 0. The van der Waals surface area contributed by atoms with Gasteiger partial charge in [0.1, 0.15) is 5.75 Å². The molecule has 0 bridgehead atoms. The van der Waals surface area contributed by atoms with Crippen LogP contribution in [-0.4, -0.2) is 18.1 Å². The lowest BCUT2D eigenvalue weighted by Gasteiger charge is -2.17. The van der Waals surface area contributed by atoms with Gasteiger partial charge in [0.25, 0.3) is 0 Å². The first-order valence-electron chi connectivity index (χ1n) is 6.91. The van der Waals surface area contributed by atoms with Crippen molar-refractivity contribution in [3.05, 3.63) is 58.9 Å². The third-order valence-electron chi connectivity index (χ3n) is 3.42. The summed E-state index contributed by atoms with van der Waals surface area (Å²) in [5, 5.41) is 0.700. The number of nitrogens with zero attached hydrogens (tertiary/aromatic N) is 1. The lowest BCUT2D eigenvalue weighted by Crippen LogP contribution is -2.37. The first kappa shape index (κ1) is 15.8. The summed E-state index contributed by atoms with van der Waals surface area (Å²) in [5.74, 6) is 6.50. The van der Waals surface area contributed by atoms with Gasteiger partial charge in [-0.1, -0.05) is 17.7 Å². The maximum absolute atomic E-state index is 6.06. The minimum Gasteiger partial charge on any atom is -0.496 e. The zero-order valence-corrected chi connectivity index (χ0v) is 12.8. The van der Waals surface area contributed by atoms with Gasteiger partial charge in [-0.3, -0.25) is 16.3 Å². The van der Waals surface area contributed by atoms with Crippen molar-refractivity contribution in [2.75, 3.05) is 7.11 Å². The van der Waals surface area contributed by atoms with Crippen molar-refractivity contribution in [1.82, 2.24) is 10.4 Å². The maximum atomic E-state index is 6.06. The monoisotopic (exact) mass is 305 g/mol. The first-order chi connectivity index (χ1) is 10.2. The van der Waals surface area contributed by atoms with Crippen LogP contribution in [0.2, 0.25) is 5.02 Å². The van der Waals surface area contributed by atoms with Gasteiger partial charge in [0.15, 0.2) is 0 Å². The zero-order chi connectivity index (χ0) is 15.1. The van der Waals surface area contributed by atoms with Crippen LogP contribution < -0.4 is 16.0 Å². The van der Waals surface area contributed by atoms with Gasteiger partial charge in [-0.05, 0) is 55.2 Å². The normalized spacial score (nSPS) is 12.1. The zero-order valence-electron chi connectivity index (χ0n) is 12.1. The molecule has 0 radical (unpaired) electrons. The van der Waals surface area contributed by atoms with Crippen molar-refractivity contribution < 1.29 is 4.74 Å². The molecule has 0 aliphatic heterocycles. The van der Waals surface area contributed by atoms with E-state index in [9.17, 15) is 0 Å². The molecule has 5 heteroatoms. The summed E-state index contributed by atoms with van der Waals surface area (Å²) in [4.78, 5) is 4.33. The molecular formula is C16H20ClN3O. The lowest BCUT2D eigenvalue weighted by atomic mass is 10.0. The Morgan fingerprint density at radius 3 is 2.86 bits per heavy atom. The summed E-state index contributed by atoms with van der Waals surface area (Å²) in [7, 11) is 1.66. The number of hydrogen-bond donors (Lipinski definition) is 2. The smallest absolute Gasteiger partial charge is 0.122 e. The van der Waals surface area contributed by atoms with E-state index < -0.39 is 0 Å². The Labute approximate surface area is 130 Å². The minimum absolute atomic E-state index is 0.138. The summed E-state index contributed by atoms with van der Waals surface area (Å²) in [6, 6.07) is 11.7. The predicted octanol–water partition coefficient (Wildman–Crippen LogP) is 2.75. The van der Waals surface area contributed by atoms with Crippen molar-refractivity contribution in [3.8, 4) is 5.75 Å². The molecule has 0 aliphatic rings. The van der Waals surface area contributed by atoms with E-state index in [-0.39, 0.29) is 6.04 Å². The molecule has 0 saturated carbocycles. The second-order valence-corrected chi connectivity index (χ2v) is 5.32. The molecule has 0 fully saturated rings. The molecule has 2 aromatic rings. The number of halogens is 1. The van der Waals surface area contributed by atoms with Crippen LogP contribution in [0.1, 0.15) is 17.7 Å². The van der Waals surface area contributed by atoms with Gasteiger partial charge in [0.05, 0.1) is 7.11 Å². The molecule has 3 N–H and O–H groups in total. The number of nitrogens with one attached hydrogen (secondary N) is 1. The molecule has 0 aliphatic carbocycles. The Morgan fingerprint density at radius 2 is 2.19 bits per heavy atom. The molecule has 21 heavy (non-hydrogen) atoms. The molecule has 1 aromatic carbocycles. The highest BCUT2D eigenvalue weighted by molar-refractivity contribution is 6.30. The van der Waals surface area contributed by atoms with Crippen LogP contribution >= 0.6 is 11.6 Å². The number of rotatable bonds is 7. The molecule has 0 amide bonds. The first-order valence-corrected chi connectivity index (χ1v) is 7.29. The fraction of sp³-hybridized carbons (Fsp3) is 0.312. The second kappa shape index (κ2) is 7.98. The molecule has 0 spiro atoms. The molecule has 0 saturated heterocycles. The number of pyridine rings is 1. The van der Waals surface area contributed by atoms with Crippen molar-refractivity contribution in [3.63, 3.8) is 0 Å². The van der Waals surface area contributed by atoms with Crippen molar-refractivity contribution in [1.29, 1.82) is 0 Å². The Bertz CT molecular complexity index is 563. The van der Waals surface area contributed by atoms with E-state index in [4.69, 9.17) is 22.2 Å². The number of nitrogens with two attached hydrogens (primary N) is 1. The Hall–Kier alpha value is -1.62. The number of ether oxygens (including phenoxy) is 1. The van der Waals surface area contributed by atoms with Gasteiger partial charge in [0.2, 0.25) is 0 Å². The third kappa shape index (κ3) is 4.70. The van der Waals surface area contributed by atoms with Crippen LogP contribution in [-0.2, 0) is 12.8 Å². The number of aryl methyl sites for hydroxylation is 1. The lowest BCUT2D eigenvalue weighted by molar-refractivity contribution is 0.403. The van der Waals surface area contributed by atoms with Gasteiger partial charge in [-0.2, -0.15) is 0 Å². The van der Waals surface area contributed by atoms with Crippen LogP contribution in [0.5, 0.6) is 5.75 Å². The van der Waals surface area contributed by atoms with Crippen LogP contribution in [0.15, 0.2) is 42.6 Å². The summed E-state index contributed by atoms with van der Waals surface area (Å²) >= 11 is 6.06. The number of benzene rings is 1. The van der Waals surface area contributed by atoms with Gasteiger partial charge in [-0.25, -0.2) is 0 Å². The maximum Gasteiger partial charge on any atom is 0.122 e. The highest BCUT2D eigenvalue weighted by Crippen LogP contribution is 2.24. The van der Waals surface area contributed by atoms with Crippen molar-refractivity contribution in [2.45, 2.75) is 25.3 Å². The van der Waals surface area contributed by atoms with Gasteiger partial charge < -0.3 is 4.74 Å². The SMILES string of the molecule is COc1ccc(Cl)cc1CC(CCc1ccccn1)NN. The van der Waals surface area contributed by atoms with E-state index in [0.717, 1.165) is 36.3 Å². The molecular weight excluding hydrogens is 286 g/mol. The molecule has 1 heterocycles. The minimum atomic E-state index is 0.138. The third-order valence-corrected chi connectivity index (χ3v) is 3.65. The van der Waals surface area contributed by atoms with Crippen molar-refractivity contribution >= 4 is 11.6 Å². The molecule has 1 unspecified atom stereocenters. The highest BCUT2D eigenvalue weighted by atomic mass is 35.5. The second-order valence-electron chi connectivity index (χ2n) is 4.88. The topological polar surface area (TPSA) is 60.2 Å². The number of methoxy groups -OCH3 is 1. The predicted molar refractivity (Wildman–Crippen MR) is 85.4 cm³/mol. The van der Waals surface area contributed by atoms with Crippen LogP contribution in [0.3, 0.4) is 0 Å². The van der Waals surface area contributed by atoms with Crippen molar-refractivity contribution in [2.24, 2.45) is 5.84 Å². The molecule has 2 rings (SSSR count). The van der Waals surface area contributed by atoms with Crippen LogP contribution in [0.4, 0.5) is 0 Å². The van der Waals surface area contributed by atoms with Gasteiger partial charge in [-0.15, -0.1) is 0 Å². The Balaban J connectivity index is 2.00. The van der Waals surface area contributed by atoms with E-state index in [1.54, 1.807) is 13.3 Å². The van der Waals surface area contributed by atoms with E-state index >= 15 is 0 Å². The molecule has 4 nitrogen and oxygen atoms in total. The van der Waals surface area contributed by atoms with Gasteiger partial charge in [0, 0.05) is 23.0 Å². The Morgan fingerprint density at radius 1 is 1.33 bits per heavy atom. The number of hydrogen-bond acceptors (Lipinski definition) is 4. The fourth-order valence-electron chi connectivity index (χ4n) is 2.28. The Kier molecular flexibility index (Phi) is 5.99.